The second kappa shape index (κ2) is 8.53. The first-order valence-electron chi connectivity index (χ1n) is 11.3. The lowest BCUT2D eigenvalue weighted by Crippen LogP contribution is -2.39. The summed E-state index contributed by atoms with van der Waals surface area (Å²) in [6, 6.07) is 3.99. The normalized spacial score (nSPS) is 24.5. The van der Waals surface area contributed by atoms with Gasteiger partial charge in [0.15, 0.2) is 17.3 Å². The Morgan fingerprint density at radius 2 is 1.85 bits per heavy atom. The van der Waals surface area contributed by atoms with E-state index in [4.69, 9.17) is 9.15 Å². The zero-order chi connectivity index (χ0) is 23.2. The van der Waals surface area contributed by atoms with Crippen molar-refractivity contribution in [3.05, 3.63) is 35.5 Å². The van der Waals surface area contributed by atoms with Gasteiger partial charge in [-0.05, 0) is 62.5 Å². The molecule has 2 heterocycles. The van der Waals surface area contributed by atoms with Gasteiger partial charge in [-0.3, -0.25) is 4.79 Å². The number of alkyl halides is 3. The Morgan fingerprint density at radius 3 is 2.48 bits per heavy atom. The molecule has 1 saturated heterocycles. The maximum Gasteiger partial charge on any atom is 0.396 e. The molecule has 3 aliphatic carbocycles. The maximum atomic E-state index is 14.6. The Morgan fingerprint density at radius 1 is 1.15 bits per heavy atom. The number of benzene rings is 1. The van der Waals surface area contributed by atoms with Crippen molar-refractivity contribution >= 4 is 17.6 Å². The van der Waals surface area contributed by atoms with Gasteiger partial charge in [0, 0.05) is 24.8 Å². The van der Waals surface area contributed by atoms with E-state index >= 15 is 0 Å². The molecule has 4 fully saturated rings. The molecule has 1 aliphatic heterocycles. The first-order chi connectivity index (χ1) is 15.7. The van der Waals surface area contributed by atoms with E-state index in [0.29, 0.717) is 24.9 Å². The van der Waals surface area contributed by atoms with Crippen molar-refractivity contribution < 1.29 is 31.5 Å². The maximum absolute atomic E-state index is 14.6. The Hall–Kier alpha value is -2.78. The van der Waals surface area contributed by atoms with E-state index in [1.54, 1.807) is 4.90 Å². The number of hydrogen-bond donors (Lipinski definition) is 1. The molecule has 0 radical (unpaired) electrons. The van der Waals surface area contributed by atoms with Crippen molar-refractivity contribution in [3.63, 3.8) is 0 Å². The molecule has 2 aromatic rings. The van der Waals surface area contributed by atoms with Crippen LogP contribution >= 0.6 is 0 Å². The topological polar surface area (TPSA) is 67.6 Å². The van der Waals surface area contributed by atoms with E-state index in [1.807, 2.05) is 0 Å². The van der Waals surface area contributed by atoms with Gasteiger partial charge < -0.3 is 19.4 Å². The van der Waals surface area contributed by atoms with Crippen molar-refractivity contribution in [1.29, 1.82) is 0 Å². The summed E-state index contributed by atoms with van der Waals surface area (Å²) in [5, 5.41) is 2.43. The molecule has 2 bridgehead atoms. The lowest BCUT2D eigenvalue weighted by atomic mass is 9.64. The van der Waals surface area contributed by atoms with Gasteiger partial charge in [0.2, 0.25) is 0 Å². The molecule has 1 aromatic heterocycles. The fraction of sp³-hybridized carbons (Fsp3) is 0.565. The van der Waals surface area contributed by atoms with E-state index in [-0.39, 0.29) is 23.6 Å². The van der Waals surface area contributed by atoms with Crippen molar-refractivity contribution in [2.24, 2.45) is 11.8 Å². The molecule has 0 atom stereocenters. The monoisotopic (exact) mass is 467 g/mol. The number of nitrogens with one attached hydrogen (secondary N) is 1. The van der Waals surface area contributed by atoms with Crippen LogP contribution in [0.25, 0.3) is 0 Å². The quantitative estimate of drug-likeness (QED) is 0.581. The predicted molar refractivity (Wildman–Crippen MR) is 112 cm³/mol. The summed E-state index contributed by atoms with van der Waals surface area (Å²) in [5.74, 6) is -0.652. The molecular formula is C23H25F4N3O3. The van der Waals surface area contributed by atoms with Gasteiger partial charge in [-0.1, -0.05) is 0 Å². The van der Waals surface area contributed by atoms with Gasteiger partial charge in [0.1, 0.15) is 12.2 Å². The number of halogens is 4. The fourth-order valence-corrected chi connectivity index (χ4v) is 5.10. The van der Waals surface area contributed by atoms with Crippen LogP contribution in [-0.2, 0) is 6.42 Å². The number of carbonyl (C=O) groups excluding carboxylic acids is 1. The fourth-order valence-electron chi connectivity index (χ4n) is 5.10. The first kappa shape index (κ1) is 22.0. The SMILES string of the molecule is O=C(Nc1ccc(OC2CC3CC(C3)C2)c(F)c1)c1nc(N2CCCC2)oc1CC(F)(F)F. The van der Waals surface area contributed by atoms with Crippen molar-refractivity contribution in [3.8, 4) is 5.75 Å². The van der Waals surface area contributed by atoms with Crippen LogP contribution in [0, 0.1) is 17.7 Å². The largest absolute Gasteiger partial charge is 0.487 e. The summed E-state index contributed by atoms with van der Waals surface area (Å²) < 4.78 is 64.8. The third-order valence-electron chi connectivity index (χ3n) is 6.65. The summed E-state index contributed by atoms with van der Waals surface area (Å²) in [4.78, 5) is 18.5. The summed E-state index contributed by atoms with van der Waals surface area (Å²) in [7, 11) is 0. The average Bonchev–Trinajstić information content (AvgIpc) is 3.38. The minimum absolute atomic E-state index is 0.00245. The molecule has 1 amide bonds. The molecule has 6 nitrogen and oxygen atoms in total. The van der Waals surface area contributed by atoms with Crippen molar-refractivity contribution in [2.45, 2.75) is 57.2 Å². The molecule has 6 rings (SSSR count). The minimum Gasteiger partial charge on any atom is -0.487 e. The molecule has 10 heteroatoms. The number of hydrogen-bond acceptors (Lipinski definition) is 5. The number of anilines is 2. The van der Waals surface area contributed by atoms with E-state index < -0.39 is 35.8 Å². The van der Waals surface area contributed by atoms with Gasteiger partial charge in [-0.2, -0.15) is 18.2 Å². The minimum atomic E-state index is -4.57. The molecule has 3 saturated carbocycles. The number of oxazole rings is 1. The number of nitrogens with zero attached hydrogens (tertiary/aromatic N) is 2. The molecule has 1 aromatic carbocycles. The highest BCUT2D eigenvalue weighted by molar-refractivity contribution is 6.03. The molecule has 4 aliphatic rings. The number of ether oxygens (including phenoxy) is 1. The standard InChI is InChI=1S/C23H25F4N3O3/c24-17-11-15(3-4-18(17)32-16-9-13-7-14(8-13)10-16)28-21(31)20-19(12-23(25,26)27)33-22(29-20)30-5-1-2-6-30/h3-4,11,13-14,16H,1-2,5-10,12H2,(H,28,31). The zero-order valence-corrected chi connectivity index (χ0v) is 18.0. The third-order valence-corrected chi connectivity index (χ3v) is 6.65. The average molecular weight is 467 g/mol. The van der Waals surface area contributed by atoms with E-state index in [1.165, 1.54) is 25.0 Å². The summed E-state index contributed by atoms with van der Waals surface area (Å²) in [6.07, 6.45) is 0.0348. The molecular weight excluding hydrogens is 442 g/mol. The number of fused-ring (bicyclic) bond motifs is 2. The van der Waals surface area contributed by atoms with Gasteiger partial charge in [0.25, 0.3) is 11.9 Å². The van der Waals surface area contributed by atoms with Crippen LogP contribution < -0.4 is 15.0 Å². The van der Waals surface area contributed by atoms with E-state index in [0.717, 1.165) is 31.7 Å². The number of amides is 1. The predicted octanol–water partition coefficient (Wildman–Crippen LogP) is 5.34. The van der Waals surface area contributed by atoms with Gasteiger partial charge in [-0.25, -0.2) is 4.39 Å². The summed E-state index contributed by atoms with van der Waals surface area (Å²) >= 11 is 0. The first-order valence-corrected chi connectivity index (χ1v) is 11.3. The summed E-state index contributed by atoms with van der Waals surface area (Å²) in [6.45, 7) is 1.20. The highest BCUT2D eigenvalue weighted by atomic mass is 19.4. The van der Waals surface area contributed by atoms with E-state index in [9.17, 15) is 22.4 Å². The smallest absolute Gasteiger partial charge is 0.396 e. The van der Waals surface area contributed by atoms with Crippen LogP contribution in [0.3, 0.4) is 0 Å². The highest BCUT2D eigenvalue weighted by Gasteiger charge is 2.39. The van der Waals surface area contributed by atoms with Crippen molar-refractivity contribution in [1.82, 2.24) is 4.98 Å². The zero-order valence-electron chi connectivity index (χ0n) is 18.0. The molecule has 33 heavy (non-hydrogen) atoms. The van der Waals surface area contributed by atoms with Crippen LogP contribution in [-0.4, -0.2) is 36.3 Å². The molecule has 178 valence electrons. The van der Waals surface area contributed by atoms with Crippen LogP contribution in [0.2, 0.25) is 0 Å². The third kappa shape index (κ3) is 4.94. The Labute approximate surface area is 188 Å². The van der Waals surface area contributed by atoms with E-state index in [2.05, 4.69) is 10.3 Å². The van der Waals surface area contributed by atoms with Crippen LogP contribution in [0.15, 0.2) is 22.6 Å². The lowest BCUT2D eigenvalue weighted by Gasteiger charge is -2.44. The highest BCUT2D eigenvalue weighted by Crippen LogP contribution is 2.46. The van der Waals surface area contributed by atoms with Crippen molar-refractivity contribution in [2.75, 3.05) is 23.3 Å². The second-order valence-electron chi connectivity index (χ2n) is 9.27. The van der Waals surface area contributed by atoms with Crippen LogP contribution in [0.4, 0.5) is 29.3 Å². The van der Waals surface area contributed by atoms with Gasteiger partial charge in [0.05, 0.1) is 6.10 Å². The lowest BCUT2D eigenvalue weighted by molar-refractivity contribution is -0.130. The van der Waals surface area contributed by atoms with Crippen LogP contribution in [0.1, 0.15) is 54.8 Å². The van der Waals surface area contributed by atoms with Gasteiger partial charge in [-0.15, -0.1) is 0 Å². The Kier molecular flexibility index (Phi) is 5.70. The number of aromatic nitrogens is 1. The number of carbonyl (C=O) groups is 1. The number of rotatable bonds is 6. The summed E-state index contributed by atoms with van der Waals surface area (Å²) in [5.41, 5.74) is -0.351. The second-order valence-corrected chi connectivity index (χ2v) is 9.27. The van der Waals surface area contributed by atoms with Crippen LogP contribution in [0.5, 0.6) is 5.75 Å². The molecule has 1 N–H and O–H groups in total. The molecule has 0 spiro atoms. The Bertz CT molecular complexity index is 1020. The molecule has 0 unspecified atom stereocenters. The van der Waals surface area contributed by atoms with Gasteiger partial charge >= 0.3 is 6.18 Å². The Balaban J connectivity index is 1.29.